The summed E-state index contributed by atoms with van der Waals surface area (Å²) in [6.07, 6.45) is 42.3. The van der Waals surface area contributed by atoms with E-state index in [1.807, 2.05) is 0 Å². The normalized spacial score (nSPS) is 15.5. The fraction of sp³-hybridized carbons (Fsp3) is 0.759. The minimum atomic E-state index is -3.34. The van der Waals surface area contributed by atoms with Crippen LogP contribution in [0.2, 0.25) is 0 Å². The highest BCUT2D eigenvalue weighted by atomic mass is 32.2. The Bertz CT molecular complexity index is 1820. The highest BCUT2D eigenvalue weighted by Crippen LogP contribution is 2.32. The van der Waals surface area contributed by atoms with E-state index in [0.717, 1.165) is 51.4 Å². The predicted octanol–water partition coefficient (Wildman–Crippen LogP) is 14.3. The van der Waals surface area contributed by atoms with E-state index in [1.165, 1.54) is 141 Å². The third-order valence-electron chi connectivity index (χ3n) is 13.9. The van der Waals surface area contributed by atoms with Crippen LogP contribution < -0.4 is 18.9 Å². The number of nitrogens with zero attached hydrogens (tertiary/aromatic N) is 2. The highest BCUT2D eigenvalue weighted by Gasteiger charge is 2.24. The van der Waals surface area contributed by atoms with E-state index in [4.69, 9.17) is 19.5 Å². The van der Waals surface area contributed by atoms with Gasteiger partial charge in [-0.25, -0.2) is 26.3 Å². The first kappa shape index (κ1) is 63.1. The van der Waals surface area contributed by atoms with E-state index in [9.17, 15) is 27.0 Å². The largest absolute Gasteiger partial charge is 0.504 e. The molecule has 1 aliphatic rings. The molecule has 1 saturated carbocycles. The van der Waals surface area contributed by atoms with Crippen molar-refractivity contribution in [3.05, 3.63) is 47.5 Å². The number of aromatic hydroxyl groups is 2. The van der Waals surface area contributed by atoms with Crippen LogP contribution in [-0.4, -0.2) is 89.4 Å². The molecule has 412 valence electrons. The Balaban J connectivity index is 1.30. The van der Waals surface area contributed by atoms with Crippen molar-refractivity contribution in [1.29, 1.82) is 0 Å². The summed E-state index contributed by atoms with van der Waals surface area (Å²) in [5, 5.41) is 22.1. The van der Waals surface area contributed by atoms with Gasteiger partial charge in [0.25, 0.3) is 0 Å². The number of sulfonamides is 2. The molecule has 0 heterocycles. The van der Waals surface area contributed by atoms with E-state index < -0.39 is 20.0 Å². The Morgan fingerprint density at radius 2 is 0.778 bits per heavy atom. The zero-order valence-electron chi connectivity index (χ0n) is 45.1. The Morgan fingerprint density at radius 1 is 0.472 bits per heavy atom. The average molecular weight is 1050 g/mol. The van der Waals surface area contributed by atoms with Crippen LogP contribution in [0, 0.1) is 0 Å². The molecule has 2 aromatic rings. The number of aliphatic imine (C=N–C) groups is 2. The molecular weight excluding hydrogens is 945 g/mol. The second-order valence-corrected chi connectivity index (χ2v) is 24.2. The molecule has 0 amide bonds. The SMILES string of the molecule is CCCCCCCCCCCCCCCCS(=O)(=O)NCCCOc1cccc(C=NC2CCCCC2N=Cc2cccc(OCCCNS(=O)(=O)CCCCCCCCCCCCCCCC)c2O)c1O. The Morgan fingerprint density at radius 3 is 1.10 bits per heavy atom. The van der Waals surface area contributed by atoms with Crippen molar-refractivity contribution < 1.29 is 36.5 Å². The summed E-state index contributed by atoms with van der Waals surface area (Å²) in [6, 6.07) is 10.3. The van der Waals surface area contributed by atoms with Crippen LogP contribution >= 0.6 is 0 Å². The summed E-state index contributed by atoms with van der Waals surface area (Å²) in [5.41, 5.74) is 1.05. The number of hydrogen-bond donors (Lipinski definition) is 4. The van der Waals surface area contributed by atoms with E-state index in [2.05, 4.69) is 23.3 Å². The summed E-state index contributed by atoms with van der Waals surface area (Å²) in [7, 11) is -6.68. The molecule has 2 atom stereocenters. The molecule has 1 aliphatic carbocycles. The second kappa shape index (κ2) is 40.2. The van der Waals surface area contributed by atoms with Crippen molar-refractivity contribution in [2.24, 2.45) is 9.98 Å². The van der Waals surface area contributed by atoms with Gasteiger partial charge in [0.05, 0.1) is 36.8 Å². The van der Waals surface area contributed by atoms with Gasteiger partial charge in [-0.15, -0.1) is 0 Å². The molecule has 2 unspecified atom stereocenters. The molecule has 4 N–H and O–H groups in total. The van der Waals surface area contributed by atoms with Crippen LogP contribution in [0.15, 0.2) is 46.4 Å². The molecule has 72 heavy (non-hydrogen) atoms. The van der Waals surface area contributed by atoms with Gasteiger partial charge in [0, 0.05) is 36.6 Å². The molecule has 12 nitrogen and oxygen atoms in total. The van der Waals surface area contributed by atoms with Gasteiger partial charge in [0.1, 0.15) is 0 Å². The molecule has 0 spiro atoms. The molecule has 0 aliphatic heterocycles. The van der Waals surface area contributed by atoms with Crippen molar-refractivity contribution in [2.75, 3.05) is 37.8 Å². The van der Waals surface area contributed by atoms with Crippen LogP contribution in [0.5, 0.6) is 23.0 Å². The van der Waals surface area contributed by atoms with Gasteiger partial charge in [0.15, 0.2) is 23.0 Å². The van der Waals surface area contributed by atoms with Gasteiger partial charge in [-0.3, -0.25) is 9.98 Å². The molecule has 3 rings (SSSR count). The van der Waals surface area contributed by atoms with Gasteiger partial charge in [-0.05, 0) is 62.8 Å². The molecule has 0 bridgehead atoms. The fourth-order valence-electron chi connectivity index (χ4n) is 9.39. The van der Waals surface area contributed by atoms with Crippen molar-refractivity contribution in [3.8, 4) is 23.0 Å². The third kappa shape index (κ3) is 30.2. The lowest BCUT2D eigenvalue weighted by atomic mass is 9.91. The predicted molar refractivity (Wildman–Crippen MR) is 302 cm³/mol. The number of phenols is 2. The number of nitrogens with one attached hydrogen (secondary N) is 2. The monoisotopic (exact) mass is 1040 g/mol. The van der Waals surface area contributed by atoms with Crippen molar-refractivity contribution in [2.45, 2.75) is 244 Å². The lowest BCUT2D eigenvalue weighted by Gasteiger charge is -2.25. The first-order valence-corrected chi connectivity index (χ1v) is 32.3. The number of ether oxygens (including phenoxy) is 2. The highest BCUT2D eigenvalue weighted by molar-refractivity contribution is 7.89. The maximum atomic E-state index is 12.6. The van der Waals surface area contributed by atoms with Crippen molar-refractivity contribution >= 4 is 32.5 Å². The maximum Gasteiger partial charge on any atom is 0.211 e. The van der Waals surface area contributed by atoms with E-state index in [0.29, 0.717) is 48.3 Å². The summed E-state index contributed by atoms with van der Waals surface area (Å²) < 4.78 is 67.3. The standard InChI is InChI=1S/C58H100N4O8S2/c1-3-5-7-9-11-13-15-17-19-21-23-25-27-31-47-71(65,66)61-43-35-45-69-55-41-33-37-51(57(55)63)49-59-53-39-29-30-40-54(53)60-50-52-38-34-42-56(58(52)64)70-46-36-44-62-72(67,68)48-32-28-26-24-22-20-18-16-14-12-10-8-6-4-2/h33-34,37-38,41-42,49-50,53-54,61-64H,3-32,35-36,39-40,43-48H2,1-2H3. The van der Waals surface area contributed by atoms with Gasteiger partial charge in [0.2, 0.25) is 20.0 Å². The quantitative estimate of drug-likeness (QED) is 0.0374. The lowest BCUT2D eigenvalue weighted by molar-refractivity contribution is 0.294. The molecule has 0 saturated heterocycles. The molecule has 0 radical (unpaired) electrons. The minimum Gasteiger partial charge on any atom is -0.504 e. The minimum absolute atomic E-state index is 0.0186. The topological polar surface area (TPSA) is 176 Å². The van der Waals surface area contributed by atoms with Gasteiger partial charge < -0.3 is 19.7 Å². The van der Waals surface area contributed by atoms with Crippen LogP contribution in [0.4, 0.5) is 0 Å². The van der Waals surface area contributed by atoms with Crippen molar-refractivity contribution in [3.63, 3.8) is 0 Å². The van der Waals surface area contributed by atoms with E-state index in [1.54, 1.807) is 48.8 Å². The number of phenolic OH excluding ortho intramolecular Hbond substituents is 2. The summed E-state index contributed by atoms with van der Waals surface area (Å²) in [4.78, 5) is 9.70. The van der Waals surface area contributed by atoms with Crippen LogP contribution in [0.25, 0.3) is 0 Å². The van der Waals surface area contributed by atoms with Gasteiger partial charge >= 0.3 is 0 Å². The fourth-order valence-corrected chi connectivity index (χ4v) is 11.8. The molecule has 2 aromatic carbocycles. The van der Waals surface area contributed by atoms with Gasteiger partial charge in [-0.2, -0.15) is 0 Å². The maximum absolute atomic E-state index is 12.6. The number of unbranched alkanes of at least 4 members (excludes halogenated alkanes) is 26. The summed E-state index contributed by atoms with van der Waals surface area (Å²) >= 11 is 0. The molecule has 0 aromatic heterocycles. The summed E-state index contributed by atoms with van der Waals surface area (Å²) in [5.74, 6) is 0.878. The third-order valence-corrected chi connectivity index (χ3v) is 16.8. The zero-order chi connectivity index (χ0) is 51.8. The van der Waals surface area contributed by atoms with Gasteiger partial charge in [-0.1, -0.05) is 206 Å². The van der Waals surface area contributed by atoms with Crippen LogP contribution in [-0.2, 0) is 20.0 Å². The van der Waals surface area contributed by atoms with E-state index >= 15 is 0 Å². The number of para-hydroxylation sites is 2. The first-order valence-electron chi connectivity index (χ1n) is 29.0. The smallest absolute Gasteiger partial charge is 0.211 e. The molecule has 1 fully saturated rings. The Kier molecular flexibility index (Phi) is 35.2. The van der Waals surface area contributed by atoms with Crippen LogP contribution in [0.3, 0.4) is 0 Å². The Labute approximate surface area is 438 Å². The van der Waals surface area contributed by atoms with Crippen LogP contribution in [0.1, 0.15) is 243 Å². The summed E-state index contributed by atoms with van der Waals surface area (Å²) in [6.45, 7) is 5.54. The number of benzene rings is 2. The van der Waals surface area contributed by atoms with Crippen molar-refractivity contribution in [1.82, 2.24) is 9.44 Å². The average Bonchev–Trinajstić information content (AvgIpc) is 3.36. The second-order valence-electron chi connectivity index (χ2n) is 20.4. The number of hydrogen-bond acceptors (Lipinski definition) is 10. The first-order chi connectivity index (χ1) is 35.0. The Hall–Kier alpha value is -3.20. The van der Waals surface area contributed by atoms with E-state index in [-0.39, 0.29) is 61.4 Å². The zero-order valence-corrected chi connectivity index (χ0v) is 46.7. The molecule has 14 heteroatoms. The lowest BCUT2D eigenvalue weighted by Crippen LogP contribution is -2.28. The number of rotatable bonds is 46. The molecular formula is C58H100N4O8S2.